The normalized spacial score (nSPS) is 14.1. The van der Waals surface area contributed by atoms with Gasteiger partial charge in [0.25, 0.3) is 11.2 Å². The fourth-order valence-corrected chi connectivity index (χ4v) is 4.18. The van der Waals surface area contributed by atoms with E-state index in [1.807, 2.05) is 4.90 Å². The molecule has 2 heterocycles. The van der Waals surface area contributed by atoms with Crippen molar-refractivity contribution in [2.24, 2.45) is 0 Å². The maximum Gasteiger partial charge on any atom is 0.292 e. The van der Waals surface area contributed by atoms with Crippen LogP contribution in [0, 0.1) is 10.1 Å². The van der Waals surface area contributed by atoms with Crippen molar-refractivity contribution in [2.75, 3.05) is 31.1 Å². The molecule has 1 fully saturated rings. The molecule has 0 bridgehead atoms. The topological polar surface area (TPSA) is 102 Å². The number of nitro groups is 1. The van der Waals surface area contributed by atoms with Crippen LogP contribution in [0.1, 0.15) is 0 Å². The van der Waals surface area contributed by atoms with Crippen LogP contribution in [-0.4, -0.2) is 51.5 Å². The highest BCUT2D eigenvalue weighted by Gasteiger charge is 2.25. The summed E-state index contributed by atoms with van der Waals surface area (Å²) in [4.78, 5) is 44.1. The van der Waals surface area contributed by atoms with Crippen molar-refractivity contribution in [3.8, 4) is 0 Å². The second-order valence-corrected chi connectivity index (χ2v) is 7.92. The van der Waals surface area contributed by atoms with Crippen LogP contribution in [0.2, 0.25) is 10.0 Å². The fourth-order valence-electron chi connectivity index (χ4n) is 3.64. The lowest BCUT2D eigenvalue weighted by Crippen LogP contribution is -2.50. The van der Waals surface area contributed by atoms with Crippen molar-refractivity contribution < 1.29 is 9.72 Å². The van der Waals surface area contributed by atoms with E-state index in [0.717, 1.165) is 0 Å². The molecule has 9 nitrogen and oxygen atoms in total. The van der Waals surface area contributed by atoms with Gasteiger partial charge in [0.1, 0.15) is 12.2 Å². The highest BCUT2D eigenvalue weighted by atomic mass is 35.5. The van der Waals surface area contributed by atoms with Gasteiger partial charge in [-0.3, -0.25) is 24.3 Å². The number of hydrogen-bond acceptors (Lipinski definition) is 6. The first-order chi connectivity index (χ1) is 14.8. The van der Waals surface area contributed by atoms with Crippen LogP contribution in [0.15, 0.2) is 47.5 Å². The summed E-state index contributed by atoms with van der Waals surface area (Å²) in [5.74, 6) is -0.237. The summed E-state index contributed by atoms with van der Waals surface area (Å²) in [6, 6.07) is 9.51. The van der Waals surface area contributed by atoms with Gasteiger partial charge in [-0.05, 0) is 18.2 Å². The number of rotatable bonds is 4. The Morgan fingerprint density at radius 3 is 2.55 bits per heavy atom. The number of hydrogen-bond donors (Lipinski definition) is 0. The minimum atomic E-state index is -0.412. The Kier molecular flexibility index (Phi) is 5.79. The number of anilines is 1. The van der Waals surface area contributed by atoms with E-state index >= 15 is 0 Å². The number of fused-ring (bicyclic) bond motifs is 1. The molecule has 0 saturated carbocycles. The molecular weight excluding hydrogens is 445 g/mol. The zero-order chi connectivity index (χ0) is 22.1. The zero-order valence-electron chi connectivity index (χ0n) is 16.2. The molecule has 0 aliphatic carbocycles. The van der Waals surface area contributed by atoms with Gasteiger partial charge in [0, 0.05) is 37.3 Å². The predicted octanol–water partition coefficient (Wildman–Crippen LogP) is 2.96. The smallest absolute Gasteiger partial charge is 0.292 e. The summed E-state index contributed by atoms with van der Waals surface area (Å²) in [6.07, 6.45) is 1.30. The van der Waals surface area contributed by atoms with Gasteiger partial charge >= 0.3 is 0 Å². The molecule has 1 aliphatic heterocycles. The Hall–Kier alpha value is -3.17. The second-order valence-electron chi connectivity index (χ2n) is 7.08. The van der Waals surface area contributed by atoms with Gasteiger partial charge in [-0.15, -0.1) is 0 Å². The zero-order valence-corrected chi connectivity index (χ0v) is 17.7. The van der Waals surface area contributed by atoms with Crippen LogP contribution >= 0.6 is 23.2 Å². The third-order valence-corrected chi connectivity index (χ3v) is 5.71. The molecule has 4 rings (SSSR count). The van der Waals surface area contributed by atoms with Crippen molar-refractivity contribution in [1.29, 1.82) is 0 Å². The summed E-state index contributed by atoms with van der Waals surface area (Å²) in [7, 11) is 0. The maximum absolute atomic E-state index is 12.8. The highest BCUT2D eigenvalue weighted by molar-refractivity contribution is 6.38. The van der Waals surface area contributed by atoms with Gasteiger partial charge in [-0.2, -0.15) is 0 Å². The molecule has 1 aromatic heterocycles. The van der Waals surface area contributed by atoms with E-state index in [1.54, 1.807) is 23.1 Å². The summed E-state index contributed by atoms with van der Waals surface area (Å²) in [5, 5.41) is 12.1. The lowest BCUT2D eigenvalue weighted by atomic mass is 10.2. The van der Waals surface area contributed by atoms with Crippen LogP contribution in [0.3, 0.4) is 0 Å². The number of carbonyl (C=O) groups excluding carboxylic acids is 1. The number of amides is 1. The monoisotopic (exact) mass is 461 g/mol. The van der Waals surface area contributed by atoms with Gasteiger partial charge < -0.3 is 9.80 Å². The minimum absolute atomic E-state index is 0.0355. The van der Waals surface area contributed by atoms with E-state index in [9.17, 15) is 19.7 Å². The van der Waals surface area contributed by atoms with Crippen molar-refractivity contribution in [3.63, 3.8) is 0 Å². The predicted molar refractivity (Wildman–Crippen MR) is 118 cm³/mol. The van der Waals surface area contributed by atoms with Crippen molar-refractivity contribution in [2.45, 2.75) is 6.54 Å². The molecule has 1 amide bonds. The molecule has 11 heteroatoms. The van der Waals surface area contributed by atoms with Gasteiger partial charge in [-0.25, -0.2) is 4.98 Å². The highest BCUT2D eigenvalue weighted by Crippen LogP contribution is 2.28. The summed E-state index contributed by atoms with van der Waals surface area (Å²) in [5.41, 5.74) is 0.496. The van der Waals surface area contributed by atoms with Crippen LogP contribution < -0.4 is 10.5 Å². The summed E-state index contributed by atoms with van der Waals surface area (Å²) >= 11 is 12.1. The van der Waals surface area contributed by atoms with E-state index < -0.39 is 10.5 Å². The first kappa shape index (κ1) is 21.1. The van der Waals surface area contributed by atoms with Crippen molar-refractivity contribution in [1.82, 2.24) is 14.5 Å². The molecule has 0 N–H and O–H groups in total. The number of piperazine rings is 1. The van der Waals surface area contributed by atoms with Crippen molar-refractivity contribution >= 4 is 51.4 Å². The van der Waals surface area contributed by atoms with Gasteiger partial charge in [-0.1, -0.05) is 35.3 Å². The third-order valence-electron chi connectivity index (χ3n) is 5.20. The maximum atomic E-state index is 12.8. The summed E-state index contributed by atoms with van der Waals surface area (Å²) in [6.45, 7) is 1.51. The Morgan fingerprint density at radius 1 is 1.13 bits per heavy atom. The lowest BCUT2D eigenvalue weighted by molar-refractivity contribution is -0.384. The Morgan fingerprint density at radius 2 is 1.84 bits per heavy atom. The average molecular weight is 462 g/mol. The van der Waals surface area contributed by atoms with Gasteiger partial charge in [0.05, 0.1) is 27.2 Å². The number of nitro benzene ring substituents is 1. The number of aromatic nitrogens is 2. The van der Waals surface area contributed by atoms with Gasteiger partial charge in [0.2, 0.25) is 5.91 Å². The molecule has 2 aromatic carbocycles. The molecule has 31 heavy (non-hydrogen) atoms. The number of nitrogens with zero attached hydrogens (tertiary/aromatic N) is 5. The van der Waals surface area contributed by atoms with Crippen molar-refractivity contribution in [3.05, 3.63) is 73.2 Å². The molecular formula is C20H17Cl2N5O4. The molecule has 1 saturated heterocycles. The van der Waals surface area contributed by atoms with E-state index in [0.29, 0.717) is 42.4 Å². The Labute approximate surface area is 186 Å². The van der Waals surface area contributed by atoms with E-state index in [-0.39, 0.29) is 28.5 Å². The van der Waals surface area contributed by atoms with E-state index in [2.05, 4.69) is 4.98 Å². The molecule has 3 aromatic rings. The van der Waals surface area contributed by atoms with E-state index in [4.69, 9.17) is 23.2 Å². The number of para-hydroxylation sites is 2. The van der Waals surface area contributed by atoms with Crippen LogP contribution in [0.25, 0.3) is 10.9 Å². The molecule has 160 valence electrons. The standard InChI is InChI=1S/C20H17Cl2N5O4/c21-13-9-14-19(15(22)10-13)23-12-26(20(14)29)11-18(28)25-7-5-24(6-8-25)16-3-1-2-4-17(16)27(30)31/h1-4,9-10,12H,5-8,11H2. The summed E-state index contributed by atoms with van der Waals surface area (Å²) < 4.78 is 1.23. The molecule has 0 spiro atoms. The third kappa shape index (κ3) is 4.19. The Bertz CT molecular complexity index is 1240. The van der Waals surface area contributed by atoms with Crippen LogP contribution in [0.4, 0.5) is 11.4 Å². The fraction of sp³-hybridized carbons (Fsp3) is 0.250. The van der Waals surface area contributed by atoms with Gasteiger partial charge in [0.15, 0.2) is 0 Å². The van der Waals surface area contributed by atoms with Crippen LogP contribution in [-0.2, 0) is 11.3 Å². The largest absolute Gasteiger partial charge is 0.362 e. The first-order valence-corrected chi connectivity index (χ1v) is 10.2. The average Bonchev–Trinajstić information content (AvgIpc) is 2.76. The molecule has 0 radical (unpaired) electrons. The molecule has 1 aliphatic rings. The molecule has 0 unspecified atom stereocenters. The minimum Gasteiger partial charge on any atom is -0.362 e. The van der Waals surface area contributed by atoms with Crippen LogP contribution in [0.5, 0.6) is 0 Å². The molecule has 0 atom stereocenters. The lowest BCUT2D eigenvalue weighted by Gasteiger charge is -2.35. The number of benzene rings is 2. The first-order valence-electron chi connectivity index (χ1n) is 9.45. The number of halogens is 2. The number of carbonyl (C=O) groups is 1. The Balaban J connectivity index is 1.47. The SMILES string of the molecule is O=C(Cn1cnc2c(Cl)cc(Cl)cc2c1=O)N1CCN(c2ccccc2[N+](=O)[O-])CC1. The quantitative estimate of drug-likeness (QED) is 0.437. The second kappa shape index (κ2) is 8.52. The van der Waals surface area contributed by atoms with E-state index in [1.165, 1.54) is 29.1 Å².